The zero-order valence-corrected chi connectivity index (χ0v) is 11.3. The highest BCUT2D eigenvalue weighted by Crippen LogP contribution is 2.13. The second kappa shape index (κ2) is 6.42. The number of amides is 1. The molecule has 17 heavy (non-hydrogen) atoms. The van der Waals surface area contributed by atoms with E-state index in [0.717, 1.165) is 31.5 Å². The number of carbonyl (C=O) groups is 1. The molecule has 1 rings (SSSR count). The predicted octanol–water partition coefficient (Wildman–Crippen LogP) is 2.76. The van der Waals surface area contributed by atoms with E-state index in [2.05, 4.69) is 31.0 Å². The van der Waals surface area contributed by atoms with Gasteiger partial charge in [-0.15, -0.1) is 0 Å². The summed E-state index contributed by atoms with van der Waals surface area (Å²) in [7, 11) is 0. The van der Waals surface area contributed by atoms with Crippen molar-refractivity contribution in [3.05, 3.63) is 17.5 Å². The van der Waals surface area contributed by atoms with Gasteiger partial charge in [0.15, 0.2) is 0 Å². The van der Waals surface area contributed by atoms with Crippen LogP contribution in [0.25, 0.3) is 0 Å². The van der Waals surface area contributed by atoms with E-state index >= 15 is 0 Å². The van der Waals surface area contributed by atoms with Gasteiger partial charge in [0.2, 0.25) is 0 Å². The van der Waals surface area contributed by atoms with Gasteiger partial charge in [0, 0.05) is 18.3 Å². The maximum atomic E-state index is 12.4. The summed E-state index contributed by atoms with van der Waals surface area (Å²) in [6, 6.07) is 0.281. The van der Waals surface area contributed by atoms with Gasteiger partial charge in [-0.25, -0.2) is 0 Å². The van der Waals surface area contributed by atoms with E-state index in [1.807, 2.05) is 11.8 Å². The first-order chi connectivity index (χ1) is 8.11. The topological polar surface area (TPSA) is 49.0 Å². The van der Waals surface area contributed by atoms with Gasteiger partial charge < -0.3 is 4.90 Å². The monoisotopic (exact) mass is 237 g/mol. The van der Waals surface area contributed by atoms with Crippen molar-refractivity contribution in [2.75, 3.05) is 6.54 Å². The number of aryl methyl sites for hydroxylation is 1. The van der Waals surface area contributed by atoms with Crippen LogP contribution in [0, 0.1) is 6.92 Å². The first kappa shape index (κ1) is 13.7. The van der Waals surface area contributed by atoms with Crippen molar-refractivity contribution in [2.45, 2.75) is 53.0 Å². The third-order valence-corrected chi connectivity index (χ3v) is 3.20. The zero-order chi connectivity index (χ0) is 12.8. The molecular formula is C13H23N3O. The van der Waals surface area contributed by atoms with Gasteiger partial charge in [-0.05, 0) is 26.7 Å². The number of aromatic nitrogens is 2. The van der Waals surface area contributed by atoms with Crippen molar-refractivity contribution in [2.24, 2.45) is 0 Å². The number of hydrogen-bond acceptors (Lipinski definition) is 2. The molecule has 96 valence electrons. The predicted molar refractivity (Wildman–Crippen MR) is 69.0 cm³/mol. The summed E-state index contributed by atoms with van der Waals surface area (Å²) in [4.78, 5) is 14.4. The van der Waals surface area contributed by atoms with Gasteiger partial charge >= 0.3 is 0 Å². The lowest BCUT2D eigenvalue weighted by Gasteiger charge is -2.28. The van der Waals surface area contributed by atoms with Crippen LogP contribution in [0.5, 0.6) is 0 Å². The van der Waals surface area contributed by atoms with E-state index in [4.69, 9.17) is 0 Å². The molecule has 0 aliphatic carbocycles. The second-order valence-electron chi connectivity index (χ2n) is 4.52. The summed E-state index contributed by atoms with van der Waals surface area (Å²) in [5, 5.41) is 6.74. The van der Waals surface area contributed by atoms with Gasteiger partial charge in [0.05, 0.1) is 11.8 Å². The highest BCUT2D eigenvalue weighted by atomic mass is 16.2. The van der Waals surface area contributed by atoms with Gasteiger partial charge in [-0.3, -0.25) is 9.89 Å². The molecule has 0 spiro atoms. The summed E-state index contributed by atoms with van der Waals surface area (Å²) in [6.07, 6.45) is 4.75. The second-order valence-corrected chi connectivity index (χ2v) is 4.52. The Morgan fingerprint density at radius 2 is 2.24 bits per heavy atom. The third-order valence-electron chi connectivity index (χ3n) is 3.20. The highest BCUT2D eigenvalue weighted by molar-refractivity contribution is 5.95. The van der Waals surface area contributed by atoms with Crippen LogP contribution in [0.4, 0.5) is 0 Å². The fourth-order valence-corrected chi connectivity index (χ4v) is 1.79. The van der Waals surface area contributed by atoms with Crippen LogP contribution in [0.1, 0.15) is 56.1 Å². The lowest BCUT2D eigenvalue weighted by atomic mass is 10.1. The maximum Gasteiger partial charge on any atom is 0.257 e. The molecule has 1 N–H and O–H groups in total. The number of hydrogen-bond donors (Lipinski definition) is 1. The van der Waals surface area contributed by atoms with Crippen LogP contribution in [-0.2, 0) is 0 Å². The summed E-state index contributed by atoms with van der Waals surface area (Å²) >= 11 is 0. The molecule has 1 amide bonds. The Balaban J connectivity index is 2.82. The molecule has 0 bridgehead atoms. The highest BCUT2D eigenvalue weighted by Gasteiger charge is 2.22. The minimum atomic E-state index is 0.0963. The number of unbranched alkanes of at least 4 members (excludes halogenated alkanes) is 1. The maximum absolute atomic E-state index is 12.4. The van der Waals surface area contributed by atoms with E-state index in [1.54, 1.807) is 6.20 Å². The van der Waals surface area contributed by atoms with E-state index in [0.29, 0.717) is 5.56 Å². The number of rotatable bonds is 6. The minimum absolute atomic E-state index is 0.0963. The SMILES string of the molecule is CCCCN(C(=O)c1cn[nH]c1C)C(C)CC. The van der Waals surface area contributed by atoms with Crippen LogP contribution in [0.2, 0.25) is 0 Å². The number of nitrogens with one attached hydrogen (secondary N) is 1. The normalized spacial score (nSPS) is 12.5. The molecule has 0 radical (unpaired) electrons. The Bertz CT molecular complexity index is 359. The Hall–Kier alpha value is -1.32. The molecule has 0 aliphatic rings. The smallest absolute Gasteiger partial charge is 0.257 e. The first-order valence-corrected chi connectivity index (χ1v) is 6.42. The first-order valence-electron chi connectivity index (χ1n) is 6.42. The van der Waals surface area contributed by atoms with E-state index in [9.17, 15) is 4.79 Å². The molecule has 1 heterocycles. The van der Waals surface area contributed by atoms with Crippen LogP contribution in [0.15, 0.2) is 6.20 Å². The summed E-state index contributed by atoms with van der Waals surface area (Å²) in [6.45, 7) is 9.06. The molecule has 1 unspecified atom stereocenters. The van der Waals surface area contributed by atoms with Gasteiger partial charge in [0.25, 0.3) is 5.91 Å². The standard InChI is InChI=1S/C13H23N3O/c1-5-7-8-16(10(3)6-2)13(17)12-9-14-15-11(12)4/h9-10H,5-8H2,1-4H3,(H,14,15). The van der Waals surface area contributed by atoms with Crippen molar-refractivity contribution in [3.63, 3.8) is 0 Å². The van der Waals surface area contributed by atoms with E-state index < -0.39 is 0 Å². The number of H-pyrrole nitrogens is 1. The van der Waals surface area contributed by atoms with Crippen molar-refractivity contribution < 1.29 is 4.79 Å². The summed E-state index contributed by atoms with van der Waals surface area (Å²) < 4.78 is 0. The number of nitrogens with zero attached hydrogens (tertiary/aromatic N) is 2. The molecule has 1 aromatic heterocycles. The van der Waals surface area contributed by atoms with Gasteiger partial charge in [0.1, 0.15) is 0 Å². The lowest BCUT2D eigenvalue weighted by molar-refractivity contribution is 0.0684. The number of aromatic amines is 1. The Kier molecular flexibility index (Phi) is 5.19. The largest absolute Gasteiger partial charge is 0.336 e. The zero-order valence-electron chi connectivity index (χ0n) is 11.3. The average Bonchev–Trinajstić information content (AvgIpc) is 2.75. The molecule has 0 aliphatic heterocycles. The van der Waals surface area contributed by atoms with Crippen molar-refractivity contribution in [3.8, 4) is 0 Å². The lowest BCUT2D eigenvalue weighted by Crippen LogP contribution is -2.39. The van der Waals surface area contributed by atoms with Crippen LogP contribution in [-0.4, -0.2) is 33.6 Å². The Morgan fingerprint density at radius 1 is 1.53 bits per heavy atom. The molecule has 0 fully saturated rings. The fourth-order valence-electron chi connectivity index (χ4n) is 1.79. The molecule has 0 saturated carbocycles. The molecule has 4 nitrogen and oxygen atoms in total. The molecule has 1 atom stereocenters. The Labute approximate surface area is 103 Å². The molecule has 4 heteroatoms. The van der Waals surface area contributed by atoms with E-state index in [1.165, 1.54) is 0 Å². The van der Waals surface area contributed by atoms with Crippen molar-refractivity contribution in [1.82, 2.24) is 15.1 Å². The number of carbonyl (C=O) groups excluding carboxylic acids is 1. The fraction of sp³-hybridized carbons (Fsp3) is 0.692. The van der Waals surface area contributed by atoms with Crippen LogP contribution in [0.3, 0.4) is 0 Å². The summed E-state index contributed by atoms with van der Waals surface area (Å²) in [5.41, 5.74) is 1.54. The van der Waals surface area contributed by atoms with Crippen LogP contribution >= 0.6 is 0 Å². The van der Waals surface area contributed by atoms with Gasteiger partial charge in [-0.2, -0.15) is 5.10 Å². The summed E-state index contributed by atoms with van der Waals surface area (Å²) in [5.74, 6) is 0.0963. The molecule has 0 saturated heterocycles. The molecular weight excluding hydrogens is 214 g/mol. The Morgan fingerprint density at radius 3 is 2.71 bits per heavy atom. The molecule has 0 aromatic carbocycles. The minimum Gasteiger partial charge on any atom is -0.336 e. The molecule has 1 aromatic rings. The van der Waals surface area contributed by atoms with Gasteiger partial charge in [-0.1, -0.05) is 20.3 Å². The quantitative estimate of drug-likeness (QED) is 0.827. The van der Waals surface area contributed by atoms with Crippen LogP contribution < -0.4 is 0 Å². The average molecular weight is 237 g/mol. The van der Waals surface area contributed by atoms with Crippen molar-refractivity contribution in [1.29, 1.82) is 0 Å². The van der Waals surface area contributed by atoms with E-state index in [-0.39, 0.29) is 11.9 Å². The third kappa shape index (κ3) is 3.32. The van der Waals surface area contributed by atoms with Crippen molar-refractivity contribution >= 4 is 5.91 Å².